The highest BCUT2D eigenvalue weighted by molar-refractivity contribution is 5.94. The Bertz CT molecular complexity index is 946. The first kappa shape index (κ1) is 16.0. The first-order chi connectivity index (χ1) is 12.2. The van der Waals surface area contributed by atoms with Gasteiger partial charge in [0.25, 0.3) is 0 Å². The van der Waals surface area contributed by atoms with Gasteiger partial charge in [0.2, 0.25) is 0 Å². The van der Waals surface area contributed by atoms with Crippen molar-refractivity contribution in [3.05, 3.63) is 95.1 Å². The van der Waals surface area contributed by atoms with E-state index in [-0.39, 0.29) is 5.56 Å². The highest BCUT2D eigenvalue weighted by atomic mass is 16.4. The molecule has 2 aromatic heterocycles. The Kier molecular flexibility index (Phi) is 4.85. The van der Waals surface area contributed by atoms with Crippen LogP contribution in [-0.4, -0.2) is 21.0 Å². The van der Waals surface area contributed by atoms with Crippen LogP contribution < -0.4 is 0 Å². The average Bonchev–Trinajstić information content (AvgIpc) is 2.66. The van der Waals surface area contributed by atoms with Crippen LogP contribution in [0.2, 0.25) is 0 Å². The van der Waals surface area contributed by atoms with Crippen molar-refractivity contribution in [1.82, 2.24) is 9.97 Å². The molecule has 0 unspecified atom stereocenters. The fraction of sp³-hybridized carbons (Fsp3) is 0. The zero-order valence-corrected chi connectivity index (χ0v) is 13.1. The molecule has 25 heavy (non-hydrogen) atoms. The number of nitrogens with zero attached hydrogens (tertiary/aromatic N) is 2. The molecule has 118 valence electrons. The Labute approximate surface area is 145 Å². The Hall–Kier alpha value is -3.89. The number of aromatic nitrogens is 2. The summed E-state index contributed by atoms with van der Waals surface area (Å²) in [5.74, 6) is 10.7. The van der Waals surface area contributed by atoms with E-state index in [4.69, 9.17) is 0 Å². The number of hydrogen-bond acceptors (Lipinski definition) is 3. The van der Waals surface area contributed by atoms with E-state index in [0.717, 1.165) is 11.1 Å². The van der Waals surface area contributed by atoms with Crippen molar-refractivity contribution in [2.45, 2.75) is 0 Å². The minimum Gasteiger partial charge on any atom is -0.478 e. The molecule has 0 atom stereocenters. The Morgan fingerprint density at radius 2 is 1.16 bits per heavy atom. The SMILES string of the molecule is O=C(O)c1c(C#Cc2ccncc2)cccc1C#Cc1ccncc1. The van der Waals surface area contributed by atoms with Gasteiger partial charge in [-0.15, -0.1) is 0 Å². The molecule has 0 aliphatic heterocycles. The number of pyridine rings is 2. The number of carboxylic acid groups (broad SMARTS) is 1. The third kappa shape index (κ3) is 4.10. The maximum absolute atomic E-state index is 11.7. The van der Waals surface area contributed by atoms with E-state index in [1.165, 1.54) is 0 Å². The normalized spacial score (nSPS) is 9.28. The largest absolute Gasteiger partial charge is 0.478 e. The van der Waals surface area contributed by atoms with E-state index in [2.05, 4.69) is 33.6 Å². The molecule has 4 heteroatoms. The monoisotopic (exact) mass is 324 g/mol. The predicted octanol–water partition coefficient (Wildman–Crippen LogP) is 2.97. The molecule has 1 N–H and O–H groups in total. The van der Waals surface area contributed by atoms with Gasteiger partial charge >= 0.3 is 5.97 Å². The average molecular weight is 324 g/mol. The lowest BCUT2D eigenvalue weighted by molar-refractivity contribution is 0.0696. The number of benzene rings is 1. The summed E-state index contributed by atoms with van der Waals surface area (Å²) in [6.07, 6.45) is 6.55. The lowest BCUT2D eigenvalue weighted by Crippen LogP contribution is -2.03. The van der Waals surface area contributed by atoms with Crippen molar-refractivity contribution < 1.29 is 9.90 Å². The molecular weight excluding hydrogens is 312 g/mol. The van der Waals surface area contributed by atoms with Crippen LogP contribution >= 0.6 is 0 Å². The molecule has 3 rings (SSSR count). The van der Waals surface area contributed by atoms with Gasteiger partial charge in [-0.1, -0.05) is 29.7 Å². The highest BCUT2D eigenvalue weighted by Gasteiger charge is 2.13. The fourth-order valence-electron chi connectivity index (χ4n) is 2.14. The van der Waals surface area contributed by atoms with Gasteiger partial charge in [-0.05, 0) is 36.4 Å². The summed E-state index contributed by atoms with van der Waals surface area (Å²) in [7, 11) is 0. The molecule has 2 heterocycles. The lowest BCUT2D eigenvalue weighted by atomic mass is 10.0. The number of carbonyl (C=O) groups is 1. The van der Waals surface area contributed by atoms with Crippen molar-refractivity contribution in [1.29, 1.82) is 0 Å². The van der Waals surface area contributed by atoms with Crippen LogP contribution in [0.25, 0.3) is 0 Å². The molecule has 0 aliphatic rings. The molecule has 0 aliphatic carbocycles. The lowest BCUT2D eigenvalue weighted by Gasteiger charge is -2.02. The molecular formula is C21H12N2O2. The zero-order valence-electron chi connectivity index (χ0n) is 13.1. The molecule has 0 fully saturated rings. The summed E-state index contributed by atoms with van der Waals surface area (Å²) in [6.45, 7) is 0. The van der Waals surface area contributed by atoms with E-state index in [1.807, 2.05) is 0 Å². The summed E-state index contributed by atoms with van der Waals surface area (Å²) in [6, 6.07) is 12.2. The number of rotatable bonds is 1. The Morgan fingerprint density at radius 1 is 0.720 bits per heavy atom. The smallest absolute Gasteiger partial charge is 0.338 e. The van der Waals surface area contributed by atoms with Crippen LogP contribution in [0.15, 0.2) is 67.3 Å². The van der Waals surface area contributed by atoms with Gasteiger partial charge in [0, 0.05) is 47.0 Å². The van der Waals surface area contributed by atoms with Gasteiger partial charge in [-0.25, -0.2) is 4.79 Å². The third-order valence-corrected chi connectivity index (χ3v) is 3.32. The highest BCUT2D eigenvalue weighted by Crippen LogP contribution is 2.14. The molecule has 0 saturated heterocycles. The van der Waals surface area contributed by atoms with E-state index < -0.39 is 5.97 Å². The van der Waals surface area contributed by atoms with E-state index in [1.54, 1.807) is 67.3 Å². The van der Waals surface area contributed by atoms with Gasteiger partial charge in [-0.2, -0.15) is 0 Å². The number of carboxylic acids is 1. The quantitative estimate of drug-likeness (QED) is 0.699. The van der Waals surface area contributed by atoms with Gasteiger partial charge in [0.15, 0.2) is 0 Å². The number of hydrogen-bond donors (Lipinski definition) is 1. The molecule has 4 nitrogen and oxygen atoms in total. The first-order valence-electron chi connectivity index (χ1n) is 7.44. The van der Waals surface area contributed by atoms with Crippen molar-refractivity contribution in [3.8, 4) is 23.7 Å². The Morgan fingerprint density at radius 3 is 1.56 bits per heavy atom. The van der Waals surface area contributed by atoms with E-state index in [0.29, 0.717) is 11.1 Å². The van der Waals surface area contributed by atoms with Crippen molar-refractivity contribution in [2.24, 2.45) is 0 Å². The standard InChI is InChI=1S/C21H12N2O2/c24-21(25)20-18(6-4-16-8-12-22-13-9-16)2-1-3-19(20)7-5-17-10-14-23-15-11-17/h1-3,8-15H,(H,24,25). The predicted molar refractivity (Wildman–Crippen MR) is 93.8 cm³/mol. The minimum absolute atomic E-state index is 0.102. The molecule has 0 spiro atoms. The topological polar surface area (TPSA) is 63.1 Å². The first-order valence-corrected chi connectivity index (χ1v) is 7.44. The summed E-state index contributed by atoms with van der Waals surface area (Å²) in [4.78, 5) is 19.6. The van der Waals surface area contributed by atoms with Crippen LogP contribution in [0.4, 0.5) is 0 Å². The van der Waals surface area contributed by atoms with Crippen LogP contribution in [0.3, 0.4) is 0 Å². The molecule has 0 amide bonds. The van der Waals surface area contributed by atoms with Gasteiger partial charge in [0.1, 0.15) is 0 Å². The molecule has 0 saturated carbocycles. The second kappa shape index (κ2) is 7.59. The van der Waals surface area contributed by atoms with Gasteiger partial charge < -0.3 is 5.11 Å². The minimum atomic E-state index is -1.06. The molecule has 3 aromatic rings. The second-order valence-electron chi connectivity index (χ2n) is 5.01. The van der Waals surface area contributed by atoms with Crippen LogP contribution in [0.5, 0.6) is 0 Å². The van der Waals surface area contributed by atoms with E-state index >= 15 is 0 Å². The Balaban J connectivity index is 2.03. The zero-order chi connectivity index (χ0) is 17.5. The van der Waals surface area contributed by atoms with Crippen molar-refractivity contribution in [2.75, 3.05) is 0 Å². The van der Waals surface area contributed by atoms with Crippen molar-refractivity contribution in [3.63, 3.8) is 0 Å². The molecule has 0 radical (unpaired) electrons. The summed E-state index contributed by atoms with van der Waals surface area (Å²) in [5, 5.41) is 9.59. The molecule has 1 aromatic carbocycles. The van der Waals surface area contributed by atoms with Crippen LogP contribution in [-0.2, 0) is 0 Å². The van der Waals surface area contributed by atoms with Gasteiger partial charge in [-0.3, -0.25) is 9.97 Å². The fourth-order valence-corrected chi connectivity index (χ4v) is 2.14. The molecule has 0 bridgehead atoms. The summed E-state index contributed by atoms with van der Waals surface area (Å²) < 4.78 is 0. The summed E-state index contributed by atoms with van der Waals surface area (Å²) >= 11 is 0. The van der Waals surface area contributed by atoms with Gasteiger partial charge in [0.05, 0.1) is 5.56 Å². The third-order valence-electron chi connectivity index (χ3n) is 3.32. The van der Waals surface area contributed by atoms with E-state index in [9.17, 15) is 9.90 Å². The van der Waals surface area contributed by atoms with Crippen LogP contribution in [0, 0.1) is 23.7 Å². The van der Waals surface area contributed by atoms with Crippen LogP contribution in [0.1, 0.15) is 32.6 Å². The maximum Gasteiger partial charge on any atom is 0.338 e. The van der Waals surface area contributed by atoms with Crippen molar-refractivity contribution >= 4 is 5.97 Å². The maximum atomic E-state index is 11.7. The summed E-state index contributed by atoms with van der Waals surface area (Å²) in [5.41, 5.74) is 2.47. The number of aromatic carboxylic acids is 1. The second-order valence-corrected chi connectivity index (χ2v) is 5.01.